The molecule has 4 aromatic carbocycles. The van der Waals surface area contributed by atoms with Crippen LogP contribution in [-0.2, 0) is 12.8 Å². The summed E-state index contributed by atoms with van der Waals surface area (Å²) in [6, 6.07) is 40.1. The van der Waals surface area contributed by atoms with Crippen molar-refractivity contribution in [2.75, 3.05) is 7.11 Å². The summed E-state index contributed by atoms with van der Waals surface area (Å²) in [7, 11) is 1.69. The largest absolute Gasteiger partial charge is 0.497 e. The highest BCUT2D eigenvalue weighted by atomic mass is 16.5. The summed E-state index contributed by atoms with van der Waals surface area (Å²) >= 11 is 0. The highest BCUT2D eigenvalue weighted by molar-refractivity contribution is 6.04. The van der Waals surface area contributed by atoms with Crippen LogP contribution in [0.5, 0.6) is 5.75 Å². The van der Waals surface area contributed by atoms with Gasteiger partial charge < -0.3 is 9.72 Å². The fraction of sp³-hybridized carbons (Fsp3) is 0.0882. The molecule has 2 heterocycles. The van der Waals surface area contributed by atoms with E-state index >= 15 is 0 Å². The first-order valence-corrected chi connectivity index (χ1v) is 12.6. The predicted molar refractivity (Wildman–Crippen MR) is 152 cm³/mol. The van der Waals surface area contributed by atoms with E-state index in [9.17, 15) is 0 Å². The van der Waals surface area contributed by atoms with Gasteiger partial charge in [-0.3, -0.25) is 4.98 Å². The molecule has 0 saturated carbocycles. The Morgan fingerprint density at radius 1 is 0.649 bits per heavy atom. The Morgan fingerprint density at radius 3 is 1.86 bits per heavy atom. The Hall–Kier alpha value is -4.63. The molecule has 6 rings (SSSR count). The average Bonchev–Trinajstić information content (AvgIpc) is 3.31. The number of benzene rings is 4. The standard InChI is InChI=1S/C34H28N2O/c1-37-28-19-17-26(18-20-28)30-23-35-33(27-15-9-4-10-16-27)32-29(21-24-11-5-2-6-12-24)31(36-34(30)32)22-25-13-7-3-8-14-25/h2-20,23,36H,21-22H2,1H3. The number of aromatic nitrogens is 2. The van der Waals surface area contributed by atoms with Gasteiger partial charge in [-0.05, 0) is 40.8 Å². The second-order valence-corrected chi connectivity index (χ2v) is 9.27. The highest BCUT2D eigenvalue weighted by Crippen LogP contribution is 2.39. The Kier molecular flexibility index (Phi) is 6.26. The number of rotatable bonds is 7. The number of nitrogens with zero attached hydrogens (tertiary/aromatic N) is 1. The summed E-state index contributed by atoms with van der Waals surface area (Å²) in [5, 5.41) is 1.19. The quantitative estimate of drug-likeness (QED) is 0.251. The number of pyridine rings is 1. The number of nitrogens with one attached hydrogen (secondary N) is 1. The van der Waals surface area contributed by atoms with E-state index in [1.165, 1.54) is 27.8 Å². The highest BCUT2D eigenvalue weighted by Gasteiger charge is 2.21. The molecule has 0 fully saturated rings. The van der Waals surface area contributed by atoms with Gasteiger partial charge in [-0.2, -0.15) is 0 Å². The molecule has 0 amide bonds. The Morgan fingerprint density at radius 2 is 1.24 bits per heavy atom. The summed E-state index contributed by atoms with van der Waals surface area (Å²) < 4.78 is 5.40. The van der Waals surface area contributed by atoms with Crippen LogP contribution in [0.3, 0.4) is 0 Å². The second-order valence-electron chi connectivity index (χ2n) is 9.27. The monoisotopic (exact) mass is 480 g/mol. The van der Waals surface area contributed by atoms with Gasteiger partial charge in [-0.15, -0.1) is 0 Å². The van der Waals surface area contributed by atoms with Gasteiger partial charge in [-0.1, -0.05) is 103 Å². The molecule has 0 spiro atoms. The van der Waals surface area contributed by atoms with E-state index in [0.717, 1.165) is 46.5 Å². The molecule has 0 unspecified atom stereocenters. The maximum Gasteiger partial charge on any atom is 0.118 e. The number of hydrogen-bond acceptors (Lipinski definition) is 2. The van der Waals surface area contributed by atoms with Gasteiger partial charge in [0.25, 0.3) is 0 Å². The zero-order valence-corrected chi connectivity index (χ0v) is 20.8. The molecule has 1 N–H and O–H groups in total. The number of aromatic amines is 1. The zero-order valence-electron chi connectivity index (χ0n) is 20.8. The molecule has 37 heavy (non-hydrogen) atoms. The van der Waals surface area contributed by atoms with Gasteiger partial charge in [0.05, 0.1) is 18.3 Å². The Balaban J connectivity index is 1.62. The normalized spacial score (nSPS) is 11.1. The van der Waals surface area contributed by atoms with Crippen LogP contribution in [0.25, 0.3) is 33.3 Å². The molecule has 0 atom stereocenters. The maximum absolute atomic E-state index is 5.40. The van der Waals surface area contributed by atoms with Crippen LogP contribution in [0.1, 0.15) is 22.4 Å². The van der Waals surface area contributed by atoms with Gasteiger partial charge in [0.1, 0.15) is 5.75 Å². The van der Waals surface area contributed by atoms with E-state index < -0.39 is 0 Å². The van der Waals surface area contributed by atoms with E-state index in [1.807, 2.05) is 18.3 Å². The van der Waals surface area contributed by atoms with Crippen LogP contribution in [0.15, 0.2) is 121 Å². The van der Waals surface area contributed by atoms with Crippen molar-refractivity contribution in [3.8, 4) is 28.1 Å². The van der Waals surface area contributed by atoms with E-state index in [2.05, 4.69) is 108 Å². The Labute approximate surface area is 217 Å². The number of methoxy groups -OCH3 is 1. The lowest BCUT2D eigenvalue weighted by atomic mass is 9.94. The van der Waals surface area contributed by atoms with E-state index in [-0.39, 0.29) is 0 Å². The lowest BCUT2D eigenvalue weighted by Crippen LogP contribution is -1.96. The SMILES string of the molecule is COc1ccc(-c2cnc(-c3ccccc3)c3c(Cc4ccccc4)c(Cc4ccccc4)[nH]c23)cc1. The van der Waals surface area contributed by atoms with Crippen molar-refractivity contribution in [2.45, 2.75) is 12.8 Å². The van der Waals surface area contributed by atoms with E-state index in [0.29, 0.717) is 0 Å². The van der Waals surface area contributed by atoms with E-state index in [4.69, 9.17) is 9.72 Å². The molecule has 0 aliphatic heterocycles. The van der Waals surface area contributed by atoms with Crippen molar-refractivity contribution in [1.29, 1.82) is 0 Å². The molecule has 0 aliphatic rings. The van der Waals surface area contributed by atoms with Crippen molar-refractivity contribution >= 4 is 10.9 Å². The summed E-state index contributed by atoms with van der Waals surface area (Å²) in [5.41, 5.74) is 10.5. The molecule has 0 saturated heterocycles. The third-order valence-electron chi connectivity index (χ3n) is 6.92. The van der Waals surface area contributed by atoms with Crippen LogP contribution in [0.2, 0.25) is 0 Å². The molecule has 180 valence electrons. The molecular weight excluding hydrogens is 452 g/mol. The van der Waals surface area contributed by atoms with Crippen molar-refractivity contribution in [1.82, 2.24) is 9.97 Å². The third kappa shape index (κ3) is 4.64. The molecular formula is C34H28N2O. The third-order valence-corrected chi connectivity index (χ3v) is 6.92. The Bertz CT molecular complexity index is 1620. The summed E-state index contributed by atoms with van der Waals surface area (Å²) in [5.74, 6) is 0.842. The van der Waals surface area contributed by atoms with Crippen LogP contribution in [0.4, 0.5) is 0 Å². The first-order valence-electron chi connectivity index (χ1n) is 12.6. The summed E-state index contributed by atoms with van der Waals surface area (Å²) in [6.07, 6.45) is 3.66. The maximum atomic E-state index is 5.40. The number of ether oxygens (including phenoxy) is 1. The fourth-order valence-corrected chi connectivity index (χ4v) is 5.06. The van der Waals surface area contributed by atoms with Crippen molar-refractivity contribution in [3.05, 3.63) is 144 Å². The minimum Gasteiger partial charge on any atom is -0.497 e. The van der Waals surface area contributed by atoms with Crippen LogP contribution < -0.4 is 4.74 Å². The predicted octanol–water partition coefficient (Wildman–Crippen LogP) is 8.09. The van der Waals surface area contributed by atoms with Crippen LogP contribution in [-0.4, -0.2) is 17.1 Å². The average molecular weight is 481 g/mol. The zero-order chi connectivity index (χ0) is 25.0. The van der Waals surface area contributed by atoms with Crippen LogP contribution in [0, 0.1) is 0 Å². The number of fused-ring (bicyclic) bond motifs is 1. The van der Waals surface area contributed by atoms with Crippen molar-refractivity contribution in [3.63, 3.8) is 0 Å². The fourth-order valence-electron chi connectivity index (χ4n) is 5.06. The minimum atomic E-state index is 0.827. The van der Waals surface area contributed by atoms with Crippen molar-refractivity contribution < 1.29 is 4.74 Å². The molecule has 2 aromatic heterocycles. The summed E-state index contributed by atoms with van der Waals surface area (Å²) in [6.45, 7) is 0. The minimum absolute atomic E-state index is 0.827. The van der Waals surface area contributed by atoms with Crippen LogP contribution >= 0.6 is 0 Å². The van der Waals surface area contributed by atoms with E-state index in [1.54, 1.807) is 7.11 Å². The first kappa shape index (κ1) is 22.8. The number of H-pyrrole nitrogens is 1. The lowest BCUT2D eigenvalue weighted by Gasteiger charge is -2.11. The van der Waals surface area contributed by atoms with Gasteiger partial charge in [0.15, 0.2) is 0 Å². The van der Waals surface area contributed by atoms with Gasteiger partial charge in [-0.25, -0.2) is 0 Å². The van der Waals surface area contributed by atoms with Gasteiger partial charge >= 0.3 is 0 Å². The number of hydrogen-bond donors (Lipinski definition) is 1. The molecule has 6 aromatic rings. The first-order chi connectivity index (χ1) is 18.3. The molecule has 0 bridgehead atoms. The van der Waals surface area contributed by atoms with Gasteiger partial charge in [0.2, 0.25) is 0 Å². The molecule has 0 radical (unpaired) electrons. The second kappa shape index (κ2) is 10.2. The summed E-state index contributed by atoms with van der Waals surface area (Å²) in [4.78, 5) is 8.93. The molecule has 3 heteroatoms. The van der Waals surface area contributed by atoms with Crippen molar-refractivity contribution in [2.24, 2.45) is 0 Å². The topological polar surface area (TPSA) is 37.9 Å². The van der Waals surface area contributed by atoms with Gasteiger partial charge in [0, 0.05) is 34.8 Å². The smallest absolute Gasteiger partial charge is 0.118 e. The molecule has 0 aliphatic carbocycles. The molecule has 3 nitrogen and oxygen atoms in total. The lowest BCUT2D eigenvalue weighted by molar-refractivity contribution is 0.415.